The molecule has 0 saturated heterocycles. The molecule has 2 aromatic heterocycles. The third-order valence-corrected chi connectivity index (χ3v) is 2.81. The highest BCUT2D eigenvalue weighted by atomic mass is 16.2. The molecule has 1 amide bonds. The van der Waals surface area contributed by atoms with Gasteiger partial charge in [-0.15, -0.1) is 0 Å². The van der Waals surface area contributed by atoms with Crippen molar-refractivity contribution in [3.63, 3.8) is 0 Å². The Bertz CT molecular complexity index is 554. The smallest absolute Gasteiger partial charge is 0.259 e. The summed E-state index contributed by atoms with van der Waals surface area (Å²) < 4.78 is 0. The lowest BCUT2D eigenvalue weighted by Gasteiger charge is -2.15. The minimum Gasteiger partial charge on any atom is -0.292 e. The van der Waals surface area contributed by atoms with E-state index < -0.39 is 0 Å². The van der Waals surface area contributed by atoms with E-state index in [1.54, 1.807) is 41.7 Å². The van der Waals surface area contributed by atoms with E-state index >= 15 is 0 Å². The average molecular weight is 224 g/mol. The molecule has 0 fully saturated rings. The molecule has 0 unspecified atom stereocenters. The monoisotopic (exact) mass is 224 g/mol. The van der Waals surface area contributed by atoms with Gasteiger partial charge in [0, 0.05) is 36.3 Å². The van der Waals surface area contributed by atoms with Gasteiger partial charge in [0.25, 0.3) is 5.91 Å². The van der Waals surface area contributed by atoms with Crippen molar-refractivity contribution in [2.24, 2.45) is 0 Å². The van der Waals surface area contributed by atoms with Gasteiger partial charge in [-0.3, -0.25) is 14.7 Å². The summed E-state index contributed by atoms with van der Waals surface area (Å²) in [6, 6.07) is 8.32. The lowest BCUT2D eigenvalue weighted by molar-refractivity contribution is 0.0988. The van der Waals surface area contributed by atoms with E-state index in [-0.39, 0.29) is 5.91 Å². The van der Waals surface area contributed by atoms with Crippen LogP contribution in [0.25, 0.3) is 0 Å². The van der Waals surface area contributed by atoms with Crippen LogP contribution in [0.2, 0.25) is 0 Å². The van der Waals surface area contributed by atoms with Crippen LogP contribution in [0, 0.1) is 6.07 Å². The first-order valence-electron chi connectivity index (χ1n) is 5.44. The summed E-state index contributed by atoms with van der Waals surface area (Å²) >= 11 is 0. The van der Waals surface area contributed by atoms with Gasteiger partial charge in [-0.2, -0.15) is 0 Å². The fourth-order valence-corrected chi connectivity index (χ4v) is 1.98. The fraction of sp³-hybridized carbons (Fsp3) is 0.154. The third kappa shape index (κ3) is 1.67. The number of amides is 1. The molecule has 0 atom stereocenters. The molecule has 0 N–H and O–H groups in total. The van der Waals surface area contributed by atoms with Crippen molar-refractivity contribution in [3.05, 3.63) is 54.0 Å². The number of hydrogen-bond acceptors (Lipinski definition) is 3. The number of carbonyl (C=O) groups is 1. The lowest BCUT2D eigenvalue weighted by atomic mass is 10.2. The molecule has 0 bridgehead atoms. The van der Waals surface area contributed by atoms with Crippen molar-refractivity contribution < 1.29 is 4.79 Å². The van der Waals surface area contributed by atoms with Crippen molar-refractivity contribution in [2.75, 3.05) is 11.4 Å². The van der Waals surface area contributed by atoms with Crippen LogP contribution in [-0.2, 0) is 6.42 Å². The van der Waals surface area contributed by atoms with E-state index in [2.05, 4.69) is 16.0 Å². The Morgan fingerprint density at radius 2 is 2.12 bits per heavy atom. The number of anilines is 1. The van der Waals surface area contributed by atoms with E-state index in [9.17, 15) is 4.79 Å². The minimum absolute atomic E-state index is 0.0294. The maximum absolute atomic E-state index is 12.3. The molecule has 3 rings (SSSR count). The number of aromatic nitrogens is 2. The predicted octanol–water partition coefficient (Wildman–Crippen LogP) is 1.48. The topological polar surface area (TPSA) is 46.1 Å². The molecular weight excluding hydrogens is 214 g/mol. The Balaban J connectivity index is 1.95. The van der Waals surface area contributed by atoms with Crippen LogP contribution in [0.15, 0.2) is 36.8 Å². The molecule has 4 heteroatoms. The second kappa shape index (κ2) is 3.97. The largest absolute Gasteiger partial charge is 0.292 e. The van der Waals surface area contributed by atoms with Gasteiger partial charge in [0.2, 0.25) is 0 Å². The third-order valence-electron chi connectivity index (χ3n) is 2.81. The Morgan fingerprint density at radius 3 is 2.94 bits per heavy atom. The normalized spacial score (nSPS) is 13.5. The average Bonchev–Trinajstić information content (AvgIpc) is 2.83. The van der Waals surface area contributed by atoms with Crippen molar-refractivity contribution in [1.29, 1.82) is 0 Å². The SMILES string of the molecule is O=C(c1ccncc1)N1CCc2[c]ccnc21. The van der Waals surface area contributed by atoms with Crippen LogP contribution in [0.5, 0.6) is 0 Å². The molecule has 1 aliphatic rings. The first-order valence-corrected chi connectivity index (χ1v) is 5.44. The van der Waals surface area contributed by atoms with E-state index in [0.29, 0.717) is 12.1 Å². The molecule has 4 nitrogen and oxygen atoms in total. The molecule has 83 valence electrons. The summed E-state index contributed by atoms with van der Waals surface area (Å²) in [6.07, 6.45) is 5.72. The molecule has 0 aliphatic carbocycles. The van der Waals surface area contributed by atoms with E-state index in [1.165, 1.54) is 0 Å². The molecular formula is C13H10N3O. The summed E-state index contributed by atoms with van der Waals surface area (Å²) in [7, 11) is 0. The highest BCUT2D eigenvalue weighted by molar-refractivity contribution is 6.06. The number of nitrogens with zero attached hydrogens (tertiary/aromatic N) is 3. The van der Waals surface area contributed by atoms with Gasteiger partial charge in [0.1, 0.15) is 5.82 Å². The zero-order valence-corrected chi connectivity index (χ0v) is 9.13. The minimum atomic E-state index is -0.0294. The maximum Gasteiger partial charge on any atom is 0.259 e. The number of carbonyl (C=O) groups excluding carboxylic acids is 1. The fourth-order valence-electron chi connectivity index (χ4n) is 1.98. The molecule has 1 aliphatic heterocycles. The Labute approximate surface area is 98.9 Å². The molecule has 1 radical (unpaired) electrons. The first kappa shape index (κ1) is 9.96. The van der Waals surface area contributed by atoms with Crippen LogP contribution >= 0.6 is 0 Å². The van der Waals surface area contributed by atoms with Crippen LogP contribution in [0.4, 0.5) is 5.82 Å². The zero-order valence-electron chi connectivity index (χ0n) is 9.13. The van der Waals surface area contributed by atoms with Crippen molar-refractivity contribution >= 4 is 11.7 Å². The van der Waals surface area contributed by atoms with Gasteiger partial charge in [-0.05, 0) is 30.7 Å². The van der Waals surface area contributed by atoms with Gasteiger partial charge in [-0.25, -0.2) is 4.98 Å². The number of fused-ring (bicyclic) bond motifs is 1. The molecule has 2 aromatic rings. The number of pyridine rings is 2. The second-order valence-corrected chi connectivity index (χ2v) is 3.83. The molecule has 0 aromatic carbocycles. The first-order chi connectivity index (χ1) is 8.36. The van der Waals surface area contributed by atoms with Crippen LogP contribution in [0.1, 0.15) is 15.9 Å². The standard InChI is InChI=1S/C13H10N3O/c17-13(11-3-7-14-8-4-11)16-9-5-10-2-1-6-15-12(10)16/h1,3-4,6-8H,5,9H2. The molecule has 17 heavy (non-hydrogen) atoms. The van der Waals surface area contributed by atoms with Crippen LogP contribution < -0.4 is 4.90 Å². The second-order valence-electron chi connectivity index (χ2n) is 3.83. The quantitative estimate of drug-likeness (QED) is 0.737. The summed E-state index contributed by atoms with van der Waals surface area (Å²) in [6.45, 7) is 0.671. The van der Waals surface area contributed by atoms with Gasteiger partial charge in [0.05, 0.1) is 0 Å². The predicted molar refractivity (Wildman–Crippen MR) is 62.7 cm³/mol. The molecule has 0 saturated carbocycles. The van der Waals surface area contributed by atoms with Gasteiger partial charge < -0.3 is 0 Å². The van der Waals surface area contributed by atoms with Gasteiger partial charge in [0.15, 0.2) is 0 Å². The van der Waals surface area contributed by atoms with Crippen molar-refractivity contribution in [1.82, 2.24) is 9.97 Å². The Hall–Kier alpha value is -2.23. The highest BCUT2D eigenvalue weighted by Crippen LogP contribution is 2.25. The number of hydrogen-bond donors (Lipinski definition) is 0. The summed E-state index contributed by atoms with van der Waals surface area (Å²) in [5.74, 6) is 0.701. The summed E-state index contributed by atoms with van der Waals surface area (Å²) in [5, 5.41) is 0. The van der Waals surface area contributed by atoms with E-state index in [1.807, 2.05) is 0 Å². The summed E-state index contributed by atoms with van der Waals surface area (Å²) in [5.41, 5.74) is 1.65. The van der Waals surface area contributed by atoms with Crippen LogP contribution in [-0.4, -0.2) is 22.4 Å². The molecule has 3 heterocycles. The lowest BCUT2D eigenvalue weighted by Crippen LogP contribution is -2.29. The van der Waals surface area contributed by atoms with E-state index in [0.717, 1.165) is 17.8 Å². The Kier molecular flexibility index (Phi) is 2.33. The van der Waals surface area contributed by atoms with Gasteiger partial charge >= 0.3 is 0 Å². The van der Waals surface area contributed by atoms with Crippen LogP contribution in [0.3, 0.4) is 0 Å². The highest BCUT2D eigenvalue weighted by Gasteiger charge is 2.26. The molecule has 0 spiro atoms. The Morgan fingerprint density at radius 1 is 1.29 bits per heavy atom. The number of rotatable bonds is 1. The zero-order chi connectivity index (χ0) is 11.7. The van der Waals surface area contributed by atoms with Gasteiger partial charge in [-0.1, -0.05) is 0 Å². The van der Waals surface area contributed by atoms with Crippen molar-refractivity contribution in [3.8, 4) is 0 Å². The van der Waals surface area contributed by atoms with Crippen molar-refractivity contribution in [2.45, 2.75) is 6.42 Å². The van der Waals surface area contributed by atoms with E-state index in [4.69, 9.17) is 0 Å². The summed E-state index contributed by atoms with van der Waals surface area (Å²) in [4.78, 5) is 22.1. The maximum atomic E-state index is 12.3.